The van der Waals surface area contributed by atoms with Crippen LogP contribution >= 0.6 is 15.9 Å². The van der Waals surface area contributed by atoms with Crippen LogP contribution in [0.15, 0.2) is 122 Å². The van der Waals surface area contributed by atoms with E-state index in [9.17, 15) is 4.79 Å². The minimum atomic E-state index is -0.278. The van der Waals surface area contributed by atoms with Gasteiger partial charge in [0.1, 0.15) is 17.9 Å². The van der Waals surface area contributed by atoms with Crippen molar-refractivity contribution in [1.29, 1.82) is 0 Å². The first-order valence-electron chi connectivity index (χ1n) is 11.7. The number of fused-ring (bicyclic) bond motifs is 2. The molecule has 0 amide bonds. The maximum Gasteiger partial charge on any atom is 0.282 e. The highest BCUT2D eigenvalue weighted by molar-refractivity contribution is 9.10. The second kappa shape index (κ2) is 9.87. The number of hydrogen-bond donors (Lipinski definition) is 0. The van der Waals surface area contributed by atoms with Gasteiger partial charge in [-0.25, -0.2) is 4.98 Å². The predicted octanol–water partition coefficient (Wildman–Crippen LogP) is 7.03. The van der Waals surface area contributed by atoms with E-state index in [4.69, 9.17) is 14.1 Å². The zero-order valence-electron chi connectivity index (χ0n) is 19.5. The molecule has 0 saturated heterocycles. The molecular formula is C30H20BrN3O3. The Kier molecular flexibility index (Phi) is 6.12. The van der Waals surface area contributed by atoms with Crippen LogP contribution in [-0.2, 0) is 6.61 Å². The minimum absolute atomic E-state index is 0.278. The van der Waals surface area contributed by atoms with Crippen LogP contribution in [0.1, 0.15) is 11.1 Å². The Balaban J connectivity index is 1.36. The van der Waals surface area contributed by atoms with E-state index in [-0.39, 0.29) is 5.56 Å². The quantitative estimate of drug-likeness (QED) is 0.209. The van der Waals surface area contributed by atoms with Crippen LogP contribution in [0.4, 0.5) is 0 Å². The van der Waals surface area contributed by atoms with Gasteiger partial charge in [0.2, 0.25) is 5.82 Å². The van der Waals surface area contributed by atoms with Gasteiger partial charge in [0.15, 0.2) is 5.76 Å². The SMILES string of the molecule is O=c1c2ccccc2nc(-c2cc3ccccc3o2)n1N=Cc1cccc(OCc2ccc(Br)cc2)c1. The molecule has 0 aliphatic carbocycles. The van der Waals surface area contributed by atoms with Crippen LogP contribution in [-0.4, -0.2) is 15.9 Å². The summed E-state index contributed by atoms with van der Waals surface area (Å²) in [6.45, 7) is 0.443. The van der Waals surface area contributed by atoms with Crippen LogP contribution in [0.2, 0.25) is 0 Å². The van der Waals surface area contributed by atoms with Crippen molar-refractivity contribution in [3.8, 4) is 17.3 Å². The topological polar surface area (TPSA) is 69.6 Å². The predicted molar refractivity (Wildman–Crippen MR) is 149 cm³/mol. The Morgan fingerprint density at radius 3 is 2.59 bits per heavy atom. The number of nitrogens with zero attached hydrogens (tertiary/aromatic N) is 3. The Labute approximate surface area is 220 Å². The van der Waals surface area contributed by atoms with Gasteiger partial charge in [0.25, 0.3) is 5.56 Å². The fourth-order valence-electron chi connectivity index (χ4n) is 4.04. The van der Waals surface area contributed by atoms with Crippen LogP contribution < -0.4 is 10.3 Å². The lowest BCUT2D eigenvalue weighted by Gasteiger charge is -2.08. The van der Waals surface area contributed by atoms with Gasteiger partial charge in [-0.1, -0.05) is 70.5 Å². The average Bonchev–Trinajstić information content (AvgIpc) is 3.37. The van der Waals surface area contributed by atoms with Crippen molar-refractivity contribution in [3.05, 3.63) is 129 Å². The van der Waals surface area contributed by atoms with Crippen molar-refractivity contribution >= 4 is 44.0 Å². The molecule has 180 valence electrons. The van der Waals surface area contributed by atoms with Gasteiger partial charge in [0, 0.05) is 9.86 Å². The number of halogens is 1. The molecule has 6 rings (SSSR count). The van der Waals surface area contributed by atoms with Crippen LogP contribution in [0, 0.1) is 0 Å². The molecule has 0 unspecified atom stereocenters. The van der Waals surface area contributed by atoms with Gasteiger partial charge in [-0.3, -0.25) is 4.79 Å². The van der Waals surface area contributed by atoms with Crippen LogP contribution in [0.5, 0.6) is 5.75 Å². The third-order valence-electron chi connectivity index (χ3n) is 5.90. The summed E-state index contributed by atoms with van der Waals surface area (Å²) in [5, 5.41) is 5.94. The fourth-order valence-corrected chi connectivity index (χ4v) is 4.30. The number of benzene rings is 4. The molecule has 37 heavy (non-hydrogen) atoms. The van der Waals surface area contributed by atoms with Gasteiger partial charge in [0.05, 0.1) is 17.1 Å². The number of hydrogen-bond acceptors (Lipinski definition) is 5. The second-order valence-corrected chi connectivity index (χ2v) is 9.37. The molecular weight excluding hydrogens is 530 g/mol. The lowest BCUT2D eigenvalue weighted by atomic mass is 10.2. The molecule has 0 atom stereocenters. The number of para-hydroxylation sites is 2. The third-order valence-corrected chi connectivity index (χ3v) is 6.43. The monoisotopic (exact) mass is 549 g/mol. The number of furan rings is 1. The smallest absolute Gasteiger partial charge is 0.282 e. The van der Waals surface area contributed by atoms with E-state index in [1.807, 2.05) is 97.1 Å². The Morgan fingerprint density at radius 2 is 1.73 bits per heavy atom. The molecule has 0 spiro atoms. The Hall–Kier alpha value is -4.49. The number of ether oxygens (including phenoxy) is 1. The highest BCUT2D eigenvalue weighted by Crippen LogP contribution is 2.27. The van der Waals surface area contributed by atoms with Gasteiger partial charge >= 0.3 is 0 Å². The molecule has 0 aliphatic heterocycles. The van der Waals surface area contributed by atoms with Gasteiger partial charge in [-0.15, -0.1) is 0 Å². The molecule has 0 radical (unpaired) electrons. The lowest BCUT2D eigenvalue weighted by Crippen LogP contribution is -2.20. The maximum atomic E-state index is 13.4. The van der Waals surface area contributed by atoms with E-state index in [1.54, 1.807) is 12.3 Å². The highest BCUT2D eigenvalue weighted by Gasteiger charge is 2.16. The summed E-state index contributed by atoms with van der Waals surface area (Å²) in [6, 6.07) is 32.3. The average molecular weight is 550 g/mol. The Bertz CT molecular complexity index is 1790. The van der Waals surface area contributed by atoms with Crippen molar-refractivity contribution in [3.63, 3.8) is 0 Å². The molecule has 0 N–H and O–H groups in total. The summed E-state index contributed by atoms with van der Waals surface area (Å²) in [4.78, 5) is 18.2. The molecule has 0 saturated carbocycles. The zero-order valence-corrected chi connectivity index (χ0v) is 21.1. The second-order valence-electron chi connectivity index (χ2n) is 8.45. The maximum absolute atomic E-state index is 13.4. The molecule has 0 bridgehead atoms. The molecule has 6 nitrogen and oxygen atoms in total. The standard InChI is InChI=1S/C30H20BrN3O3/c31-23-14-12-20(13-15-23)19-36-24-8-5-6-21(16-24)18-32-34-29(28-17-22-7-1-4-11-27(22)37-28)33-26-10-3-2-9-25(26)30(34)35/h1-18H,19H2. The first kappa shape index (κ1) is 22.9. The number of aromatic nitrogens is 2. The van der Waals surface area contributed by atoms with E-state index in [2.05, 4.69) is 21.0 Å². The summed E-state index contributed by atoms with van der Waals surface area (Å²) in [5.74, 6) is 1.50. The molecule has 7 heteroatoms. The minimum Gasteiger partial charge on any atom is -0.489 e. The molecule has 0 aliphatic rings. The van der Waals surface area contributed by atoms with Crippen LogP contribution in [0.3, 0.4) is 0 Å². The van der Waals surface area contributed by atoms with Gasteiger partial charge < -0.3 is 9.15 Å². The van der Waals surface area contributed by atoms with Crippen molar-refractivity contribution in [1.82, 2.24) is 9.66 Å². The Morgan fingerprint density at radius 1 is 0.919 bits per heavy atom. The summed E-state index contributed by atoms with van der Waals surface area (Å²) in [7, 11) is 0. The first-order chi connectivity index (χ1) is 18.1. The molecule has 0 fully saturated rings. The molecule has 2 heterocycles. The van der Waals surface area contributed by atoms with Crippen molar-refractivity contribution in [2.24, 2.45) is 5.10 Å². The normalized spacial score (nSPS) is 11.5. The molecule has 4 aromatic carbocycles. The molecule has 6 aromatic rings. The molecule has 2 aromatic heterocycles. The lowest BCUT2D eigenvalue weighted by molar-refractivity contribution is 0.306. The van der Waals surface area contributed by atoms with E-state index in [0.717, 1.165) is 21.0 Å². The summed E-state index contributed by atoms with van der Waals surface area (Å²) in [6.07, 6.45) is 1.62. The van der Waals surface area contributed by atoms with Crippen LogP contribution in [0.25, 0.3) is 33.5 Å². The third kappa shape index (κ3) is 4.81. The van der Waals surface area contributed by atoms with E-state index >= 15 is 0 Å². The van der Waals surface area contributed by atoms with E-state index < -0.39 is 0 Å². The zero-order chi connectivity index (χ0) is 25.2. The summed E-state index contributed by atoms with van der Waals surface area (Å²) >= 11 is 3.44. The van der Waals surface area contributed by atoms with Crippen molar-refractivity contribution in [2.75, 3.05) is 0 Å². The fraction of sp³-hybridized carbons (Fsp3) is 0.0333. The van der Waals surface area contributed by atoms with Gasteiger partial charge in [-0.2, -0.15) is 9.78 Å². The highest BCUT2D eigenvalue weighted by atomic mass is 79.9. The summed E-state index contributed by atoms with van der Waals surface area (Å²) in [5.41, 5.74) is 2.86. The number of rotatable bonds is 6. The van der Waals surface area contributed by atoms with Gasteiger partial charge in [-0.05, 0) is 59.7 Å². The van der Waals surface area contributed by atoms with Crippen molar-refractivity contribution in [2.45, 2.75) is 6.61 Å². The van der Waals surface area contributed by atoms with E-state index in [0.29, 0.717) is 40.4 Å². The van der Waals surface area contributed by atoms with E-state index in [1.165, 1.54) is 4.68 Å². The van der Waals surface area contributed by atoms with Crippen molar-refractivity contribution < 1.29 is 9.15 Å². The largest absolute Gasteiger partial charge is 0.489 e. The first-order valence-corrected chi connectivity index (χ1v) is 12.5. The summed E-state index contributed by atoms with van der Waals surface area (Å²) < 4.78 is 14.3.